The molecule has 18 heavy (non-hydrogen) atoms. The first kappa shape index (κ1) is 14.6. The predicted octanol–water partition coefficient (Wildman–Crippen LogP) is 0.531. The van der Waals surface area contributed by atoms with Crippen LogP contribution in [0.1, 0.15) is 29.3 Å². The van der Waals surface area contributed by atoms with Crippen LogP contribution in [0.2, 0.25) is 0 Å². The molecule has 1 rings (SSSR count). The Morgan fingerprint density at radius 1 is 1.56 bits per heavy atom. The molecule has 0 atom stereocenters. The third-order valence-corrected chi connectivity index (χ3v) is 3.26. The van der Waals surface area contributed by atoms with Crippen LogP contribution in [0.5, 0.6) is 0 Å². The van der Waals surface area contributed by atoms with Crippen molar-refractivity contribution in [3.05, 3.63) is 16.1 Å². The molecule has 1 aromatic rings. The van der Waals surface area contributed by atoms with Crippen LogP contribution in [-0.2, 0) is 16.1 Å². The SMILES string of the molecule is COC(=O)C(C)(C)CNC(=O)c1csc(CN)n1. The van der Waals surface area contributed by atoms with Crippen molar-refractivity contribution in [2.24, 2.45) is 11.1 Å². The molecule has 0 unspecified atom stereocenters. The van der Waals surface area contributed by atoms with Gasteiger partial charge in [-0.3, -0.25) is 9.59 Å². The van der Waals surface area contributed by atoms with Crippen molar-refractivity contribution >= 4 is 23.2 Å². The van der Waals surface area contributed by atoms with Crippen LogP contribution < -0.4 is 11.1 Å². The predicted molar refractivity (Wildman–Crippen MR) is 68.1 cm³/mol. The van der Waals surface area contributed by atoms with E-state index in [9.17, 15) is 9.59 Å². The van der Waals surface area contributed by atoms with Gasteiger partial charge in [0, 0.05) is 18.5 Å². The van der Waals surface area contributed by atoms with E-state index in [-0.39, 0.29) is 18.4 Å². The second-order valence-corrected chi connectivity index (χ2v) is 5.33. The first-order valence-electron chi connectivity index (χ1n) is 5.42. The van der Waals surface area contributed by atoms with Crippen molar-refractivity contribution in [2.45, 2.75) is 20.4 Å². The molecule has 0 saturated heterocycles. The molecule has 0 fully saturated rings. The Balaban J connectivity index is 2.58. The lowest BCUT2D eigenvalue weighted by Crippen LogP contribution is -2.39. The summed E-state index contributed by atoms with van der Waals surface area (Å²) in [6, 6.07) is 0. The van der Waals surface area contributed by atoms with Crippen molar-refractivity contribution in [1.29, 1.82) is 0 Å². The molecule has 1 heterocycles. The lowest BCUT2D eigenvalue weighted by Gasteiger charge is -2.21. The van der Waals surface area contributed by atoms with Gasteiger partial charge in [-0.15, -0.1) is 11.3 Å². The van der Waals surface area contributed by atoms with Gasteiger partial charge in [-0.2, -0.15) is 0 Å². The standard InChI is InChI=1S/C11H17N3O3S/c1-11(2,10(16)17-3)6-13-9(15)7-5-18-8(4-12)14-7/h5H,4,6,12H2,1-3H3,(H,13,15). The number of nitrogens with zero attached hydrogens (tertiary/aromatic N) is 1. The highest BCUT2D eigenvalue weighted by Crippen LogP contribution is 2.16. The molecular weight excluding hydrogens is 254 g/mol. The average Bonchev–Trinajstić information content (AvgIpc) is 2.83. The normalized spacial score (nSPS) is 11.1. The summed E-state index contributed by atoms with van der Waals surface area (Å²) >= 11 is 1.33. The fourth-order valence-electron chi connectivity index (χ4n) is 1.25. The largest absolute Gasteiger partial charge is 0.469 e. The quantitative estimate of drug-likeness (QED) is 0.762. The molecular formula is C11H17N3O3S. The topological polar surface area (TPSA) is 94.3 Å². The molecule has 0 bridgehead atoms. The van der Waals surface area contributed by atoms with Gasteiger partial charge in [0.25, 0.3) is 5.91 Å². The number of hydrogen-bond donors (Lipinski definition) is 2. The molecule has 1 aromatic heterocycles. The number of nitrogens with two attached hydrogens (primary N) is 1. The van der Waals surface area contributed by atoms with Crippen LogP contribution >= 0.6 is 11.3 Å². The zero-order chi connectivity index (χ0) is 13.8. The van der Waals surface area contributed by atoms with Crippen molar-refractivity contribution in [1.82, 2.24) is 10.3 Å². The molecule has 3 N–H and O–H groups in total. The molecule has 0 radical (unpaired) electrons. The van der Waals surface area contributed by atoms with E-state index in [1.165, 1.54) is 18.4 Å². The van der Waals surface area contributed by atoms with Crippen LogP contribution in [-0.4, -0.2) is 30.5 Å². The summed E-state index contributed by atoms with van der Waals surface area (Å²) < 4.78 is 4.65. The van der Waals surface area contributed by atoms with E-state index >= 15 is 0 Å². The van der Waals surface area contributed by atoms with Crippen LogP contribution in [0.3, 0.4) is 0 Å². The fraction of sp³-hybridized carbons (Fsp3) is 0.545. The van der Waals surface area contributed by atoms with Gasteiger partial charge in [0.1, 0.15) is 10.7 Å². The van der Waals surface area contributed by atoms with Crippen molar-refractivity contribution in [2.75, 3.05) is 13.7 Å². The van der Waals surface area contributed by atoms with E-state index in [1.54, 1.807) is 19.2 Å². The van der Waals surface area contributed by atoms with Gasteiger partial charge in [0.2, 0.25) is 0 Å². The van der Waals surface area contributed by atoms with Gasteiger partial charge in [-0.25, -0.2) is 4.98 Å². The maximum Gasteiger partial charge on any atom is 0.313 e. The van der Waals surface area contributed by atoms with E-state index in [2.05, 4.69) is 15.0 Å². The van der Waals surface area contributed by atoms with E-state index in [4.69, 9.17) is 5.73 Å². The highest BCUT2D eigenvalue weighted by Gasteiger charge is 2.29. The number of thiazole rings is 1. The van der Waals surface area contributed by atoms with Gasteiger partial charge in [0.15, 0.2) is 0 Å². The van der Waals surface area contributed by atoms with E-state index in [0.717, 1.165) is 0 Å². The van der Waals surface area contributed by atoms with Crippen LogP contribution in [0, 0.1) is 5.41 Å². The van der Waals surface area contributed by atoms with E-state index < -0.39 is 5.41 Å². The minimum atomic E-state index is -0.767. The Hall–Kier alpha value is -1.47. The number of amides is 1. The molecule has 100 valence electrons. The molecule has 0 aliphatic rings. The number of rotatable bonds is 5. The van der Waals surface area contributed by atoms with Crippen LogP contribution in [0.4, 0.5) is 0 Å². The van der Waals surface area contributed by atoms with Crippen molar-refractivity contribution in [3.63, 3.8) is 0 Å². The minimum Gasteiger partial charge on any atom is -0.469 e. The third kappa shape index (κ3) is 3.51. The third-order valence-electron chi connectivity index (χ3n) is 2.39. The first-order chi connectivity index (χ1) is 8.40. The number of aromatic nitrogens is 1. The maximum atomic E-state index is 11.8. The number of carbonyl (C=O) groups excluding carboxylic acids is 2. The van der Waals surface area contributed by atoms with Crippen molar-refractivity contribution in [3.8, 4) is 0 Å². The van der Waals surface area contributed by atoms with Gasteiger partial charge in [0.05, 0.1) is 12.5 Å². The van der Waals surface area contributed by atoms with Crippen LogP contribution in [0.25, 0.3) is 0 Å². The molecule has 0 aliphatic heterocycles. The van der Waals surface area contributed by atoms with Gasteiger partial charge < -0.3 is 15.8 Å². The number of carbonyl (C=O) groups is 2. The summed E-state index contributed by atoms with van der Waals surface area (Å²) in [7, 11) is 1.32. The van der Waals surface area contributed by atoms with Gasteiger partial charge in [-0.1, -0.05) is 0 Å². The van der Waals surface area contributed by atoms with E-state index in [1.807, 2.05) is 0 Å². The van der Waals surface area contributed by atoms with E-state index in [0.29, 0.717) is 17.2 Å². The van der Waals surface area contributed by atoms with Crippen LogP contribution in [0.15, 0.2) is 5.38 Å². The summed E-state index contributed by atoms with van der Waals surface area (Å²) in [6.07, 6.45) is 0. The Morgan fingerprint density at radius 3 is 2.72 bits per heavy atom. The number of methoxy groups -OCH3 is 1. The Labute approximate surface area is 110 Å². The summed E-state index contributed by atoms with van der Waals surface area (Å²) in [4.78, 5) is 27.3. The zero-order valence-electron chi connectivity index (χ0n) is 10.6. The summed E-state index contributed by atoms with van der Waals surface area (Å²) in [6.45, 7) is 3.90. The Bertz CT molecular complexity index is 442. The molecule has 0 saturated carbocycles. The number of nitrogens with one attached hydrogen (secondary N) is 1. The van der Waals surface area contributed by atoms with Gasteiger partial charge >= 0.3 is 5.97 Å². The minimum absolute atomic E-state index is 0.188. The zero-order valence-corrected chi connectivity index (χ0v) is 11.5. The Kier molecular flexibility index (Phi) is 4.80. The summed E-state index contributed by atoms with van der Waals surface area (Å²) in [5.74, 6) is -0.688. The number of hydrogen-bond acceptors (Lipinski definition) is 6. The molecule has 7 heteroatoms. The number of esters is 1. The lowest BCUT2D eigenvalue weighted by atomic mass is 9.94. The molecule has 0 aromatic carbocycles. The number of ether oxygens (including phenoxy) is 1. The Morgan fingerprint density at radius 2 is 2.22 bits per heavy atom. The highest BCUT2D eigenvalue weighted by atomic mass is 32.1. The lowest BCUT2D eigenvalue weighted by molar-refractivity contribution is -0.150. The molecule has 6 nitrogen and oxygen atoms in total. The average molecular weight is 271 g/mol. The first-order valence-corrected chi connectivity index (χ1v) is 6.29. The second kappa shape index (κ2) is 5.92. The van der Waals surface area contributed by atoms with Gasteiger partial charge in [-0.05, 0) is 13.8 Å². The second-order valence-electron chi connectivity index (χ2n) is 4.39. The fourth-order valence-corrected chi connectivity index (χ4v) is 1.90. The maximum absolute atomic E-state index is 11.8. The monoisotopic (exact) mass is 271 g/mol. The molecule has 1 amide bonds. The molecule has 0 spiro atoms. The summed E-state index contributed by atoms with van der Waals surface area (Å²) in [5, 5.41) is 5.00. The van der Waals surface area contributed by atoms with Crippen molar-refractivity contribution < 1.29 is 14.3 Å². The summed E-state index contributed by atoms with van der Waals surface area (Å²) in [5.41, 5.74) is 4.97. The highest BCUT2D eigenvalue weighted by molar-refractivity contribution is 7.09. The molecule has 0 aliphatic carbocycles. The smallest absolute Gasteiger partial charge is 0.313 e.